The molecule has 1 atom stereocenters. The highest BCUT2D eigenvalue weighted by Crippen LogP contribution is 2.25. The SMILES string of the molecule is Fc1ccc(CC(CCl)Cc2ccc(Cl)c(Cl)c2)cc1. The van der Waals surface area contributed by atoms with Crippen LogP contribution in [-0.2, 0) is 12.8 Å². The maximum atomic E-state index is 12.9. The number of halogens is 4. The van der Waals surface area contributed by atoms with E-state index in [4.69, 9.17) is 34.8 Å². The molecule has 0 aliphatic heterocycles. The normalized spacial score (nSPS) is 12.4. The zero-order valence-electron chi connectivity index (χ0n) is 10.8. The van der Waals surface area contributed by atoms with Crippen LogP contribution in [0, 0.1) is 11.7 Å². The van der Waals surface area contributed by atoms with E-state index >= 15 is 0 Å². The molecule has 20 heavy (non-hydrogen) atoms. The molecular weight excluding hydrogens is 318 g/mol. The number of hydrogen-bond acceptors (Lipinski definition) is 0. The number of alkyl halides is 1. The molecule has 0 nitrogen and oxygen atoms in total. The summed E-state index contributed by atoms with van der Waals surface area (Å²) in [5.74, 6) is 0.595. The fraction of sp³-hybridized carbons (Fsp3) is 0.250. The van der Waals surface area contributed by atoms with E-state index in [2.05, 4.69) is 0 Å². The Morgan fingerprint density at radius 3 is 2.05 bits per heavy atom. The Labute approximate surface area is 133 Å². The first-order chi connectivity index (χ1) is 9.58. The van der Waals surface area contributed by atoms with Crippen molar-refractivity contribution < 1.29 is 4.39 Å². The molecule has 0 saturated carbocycles. The molecule has 0 aliphatic carbocycles. The van der Waals surface area contributed by atoms with Crippen LogP contribution in [0.15, 0.2) is 42.5 Å². The Morgan fingerprint density at radius 1 is 0.850 bits per heavy atom. The molecule has 0 heterocycles. The van der Waals surface area contributed by atoms with Crippen molar-refractivity contribution in [3.05, 3.63) is 69.5 Å². The van der Waals surface area contributed by atoms with Gasteiger partial charge in [0.1, 0.15) is 5.82 Å². The van der Waals surface area contributed by atoms with Gasteiger partial charge in [0.25, 0.3) is 0 Å². The lowest BCUT2D eigenvalue weighted by Gasteiger charge is -2.14. The first-order valence-electron chi connectivity index (χ1n) is 6.33. The maximum Gasteiger partial charge on any atom is 0.123 e. The lowest BCUT2D eigenvalue weighted by molar-refractivity contribution is 0.581. The molecule has 0 aliphatic rings. The molecule has 2 rings (SSSR count). The topological polar surface area (TPSA) is 0 Å². The monoisotopic (exact) mass is 330 g/mol. The number of rotatable bonds is 5. The third kappa shape index (κ3) is 4.37. The summed E-state index contributed by atoms with van der Waals surface area (Å²) in [6, 6.07) is 12.2. The summed E-state index contributed by atoms with van der Waals surface area (Å²) < 4.78 is 12.9. The molecule has 0 amide bonds. The molecule has 0 saturated heterocycles. The highest BCUT2D eigenvalue weighted by Gasteiger charge is 2.11. The van der Waals surface area contributed by atoms with Gasteiger partial charge in [-0.1, -0.05) is 41.4 Å². The first-order valence-corrected chi connectivity index (χ1v) is 7.62. The first kappa shape index (κ1) is 15.6. The van der Waals surface area contributed by atoms with Crippen molar-refractivity contribution >= 4 is 34.8 Å². The van der Waals surface area contributed by atoms with Crippen molar-refractivity contribution in [3.8, 4) is 0 Å². The minimum Gasteiger partial charge on any atom is -0.207 e. The molecule has 2 aromatic carbocycles. The van der Waals surface area contributed by atoms with Crippen molar-refractivity contribution in [2.45, 2.75) is 12.8 Å². The van der Waals surface area contributed by atoms with Gasteiger partial charge < -0.3 is 0 Å². The van der Waals surface area contributed by atoms with Crippen molar-refractivity contribution in [3.63, 3.8) is 0 Å². The van der Waals surface area contributed by atoms with Gasteiger partial charge in [0.05, 0.1) is 10.0 Å². The second-order valence-corrected chi connectivity index (χ2v) is 5.93. The Balaban J connectivity index is 2.04. The van der Waals surface area contributed by atoms with Crippen LogP contribution in [0.25, 0.3) is 0 Å². The summed E-state index contributed by atoms with van der Waals surface area (Å²) in [5, 5.41) is 1.11. The van der Waals surface area contributed by atoms with Crippen molar-refractivity contribution in [1.29, 1.82) is 0 Å². The van der Waals surface area contributed by atoms with Gasteiger partial charge in [-0.2, -0.15) is 0 Å². The van der Waals surface area contributed by atoms with Gasteiger partial charge >= 0.3 is 0 Å². The summed E-state index contributed by atoms with van der Waals surface area (Å²) >= 11 is 18.0. The largest absolute Gasteiger partial charge is 0.207 e. The number of hydrogen-bond donors (Lipinski definition) is 0. The Bertz CT molecular complexity index is 566. The highest BCUT2D eigenvalue weighted by atomic mass is 35.5. The molecule has 1 unspecified atom stereocenters. The molecule has 0 N–H and O–H groups in total. The van der Waals surface area contributed by atoms with E-state index in [1.165, 1.54) is 12.1 Å². The van der Waals surface area contributed by atoms with Crippen LogP contribution in [0.4, 0.5) is 4.39 Å². The molecule has 0 aromatic heterocycles. The molecule has 0 fully saturated rings. The smallest absolute Gasteiger partial charge is 0.123 e. The second-order valence-electron chi connectivity index (χ2n) is 4.80. The van der Waals surface area contributed by atoms with E-state index in [-0.39, 0.29) is 11.7 Å². The maximum absolute atomic E-state index is 12.9. The summed E-state index contributed by atoms with van der Waals surface area (Å²) in [4.78, 5) is 0. The average molecular weight is 332 g/mol. The lowest BCUT2D eigenvalue weighted by Crippen LogP contribution is -2.10. The Kier molecular flexibility index (Phi) is 5.71. The quantitative estimate of drug-likeness (QED) is 0.610. The van der Waals surface area contributed by atoms with Crippen molar-refractivity contribution in [2.24, 2.45) is 5.92 Å². The van der Waals surface area contributed by atoms with E-state index in [0.29, 0.717) is 15.9 Å². The zero-order chi connectivity index (χ0) is 14.5. The summed E-state index contributed by atoms with van der Waals surface area (Å²) in [6.07, 6.45) is 1.63. The highest BCUT2D eigenvalue weighted by molar-refractivity contribution is 6.42. The average Bonchev–Trinajstić information content (AvgIpc) is 2.44. The molecule has 4 heteroatoms. The van der Waals surface area contributed by atoms with Gasteiger partial charge in [0.15, 0.2) is 0 Å². The Hall–Kier alpha value is -0.760. The van der Waals surface area contributed by atoms with E-state index in [9.17, 15) is 4.39 Å². The van der Waals surface area contributed by atoms with E-state index in [0.717, 1.165) is 24.0 Å². The number of benzene rings is 2. The summed E-state index contributed by atoms with van der Waals surface area (Å²) in [7, 11) is 0. The molecule has 2 aromatic rings. The zero-order valence-corrected chi connectivity index (χ0v) is 13.0. The van der Waals surface area contributed by atoms with E-state index < -0.39 is 0 Å². The fourth-order valence-corrected chi connectivity index (χ4v) is 2.67. The van der Waals surface area contributed by atoms with Crippen LogP contribution < -0.4 is 0 Å². The fourth-order valence-electron chi connectivity index (χ4n) is 2.14. The van der Waals surface area contributed by atoms with Crippen LogP contribution in [0.1, 0.15) is 11.1 Å². The van der Waals surface area contributed by atoms with Crippen molar-refractivity contribution in [2.75, 3.05) is 5.88 Å². The van der Waals surface area contributed by atoms with Crippen LogP contribution in [-0.4, -0.2) is 5.88 Å². The van der Waals surface area contributed by atoms with Gasteiger partial charge in [-0.15, -0.1) is 11.6 Å². The van der Waals surface area contributed by atoms with Gasteiger partial charge in [-0.3, -0.25) is 0 Å². The van der Waals surface area contributed by atoms with Gasteiger partial charge in [0, 0.05) is 5.88 Å². The van der Waals surface area contributed by atoms with Crippen LogP contribution >= 0.6 is 34.8 Å². The standard InChI is InChI=1S/C16H14Cl3F/c17-10-13(7-11-1-4-14(20)5-2-11)8-12-3-6-15(18)16(19)9-12/h1-6,9,13H,7-8,10H2. The predicted octanol–water partition coefficient (Wildman–Crippen LogP) is 5.77. The van der Waals surface area contributed by atoms with Crippen LogP contribution in [0.3, 0.4) is 0 Å². The molecule has 0 radical (unpaired) electrons. The van der Waals surface area contributed by atoms with Crippen molar-refractivity contribution in [1.82, 2.24) is 0 Å². The van der Waals surface area contributed by atoms with Gasteiger partial charge in [-0.25, -0.2) is 4.39 Å². The minimum absolute atomic E-state index is 0.222. The van der Waals surface area contributed by atoms with E-state index in [1.807, 2.05) is 12.1 Å². The molecular formula is C16H14Cl3F. The Morgan fingerprint density at radius 2 is 1.45 bits per heavy atom. The third-order valence-electron chi connectivity index (χ3n) is 3.16. The van der Waals surface area contributed by atoms with E-state index in [1.54, 1.807) is 18.2 Å². The third-order valence-corrected chi connectivity index (χ3v) is 4.34. The van der Waals surface area contributed by atoms with Crippen LogP contribution in [0.5, 0.6) is 0 Å². The minimum atomic E-state index is -0.222. The summed E-state index contributed by atoms with van der Waals surface area (Å²) in [5.41, 5.74) is 2.18. The molecule has 0 bridgehead atoms. The summed E-state index contributed by atoms with van der Waals surface area (Å²) in [6.45, 7) is 0. The van der Waals surface area contributed by atoms with Crippen LogP contribution in [0.2, 0.25) is 10.0 Å². The lowest BCUT2D eigenvalue weighted by atomic mass is 9.94. The predicted molar refractivity (Wildman–Crippen MR) is 84.5 cm³/mol. The van der Waals surface area contributed by atoms with Gasteiger partial charge in [-0.05, 0) is 54.2 Å². The van der Waals surface area contributed by atoms with Gasteiger partial charge in [0.2, 0.25) is 0 Å². The molecule has 106 valence electrons. The second kappa shape index (κ2) is 7.31. The molecule has 0 spiro atoms.